The lowest BCUT2D eigenvalue weighted by atomic mass is 10.1. The van der Waals surface area contributed by atoms with Gasteiger partial charge >= 0.3 is 0 Å². The molecule has 1 aliphatic heterocycles. The van der Waals surface area contributed by atoms with Gasteiger partial charge in [-0.3, -0.25) is 0 Å². The van der Waals surface area contributed by atoms with Gasteiger partial charge in [0.25, 0.3) is 0 Å². The average Bonchev–Trinajstić information content (AvgIpc) is 3.02. The molecule has 0 bridgehead atoms. The molecule has 3 nitrogen and oxygen atoms in total. The van der Waals surface area contributed by atoms with E-state index in [1.165, 1.54) is 16.6 Å². The number of fused-ring (bicyclic) bond motifs is 2. The van der Waals surface area contributed by atoms with Gasteiger partial charge in [0.2, 0.25) is 6.79 Å². The number of hydrogen-bond acceptors (Lipinski definition) is 2. The van der Waals surface area contributed by atoms with Gasteiger partial charge in [-0.1, -0.05) is 30.3 Å². The molecule has 0 amide bonds. The lowest BCUT2D eigenvalue weighted by Gasteiger charge is -2.04. The van der Waals surface area contributed by atoms with Crippen LogP contribution in [0, 0.1) is 0 Å². The summed E-state index contributed by atoms with van der Waals surface area (Å²) in [6.45, 7) is 0.317. The summed E-state index contributed by atoms with van der Waals surface area (Å²) in [6.07, 6.45) is 0. The van der Waals surface area contributed by atoms with E-state index in [1.807, 2.05) is 18.2 Å². The van der Waals surface area contributed by atoms with Crippen LogP contribution in [0.2, 0.25) is 0 Å². The summed E-state index contributed by atoms with van der Waals surface area (Å²) in [4.78, 5) is 0. The molecule has 4 rings (SSSR count). The van der Waals surface area contributed by atoms with Gasteiger partial charge in [0.05, 0.1) is 5.52 Å². The monoisotopic (exact) mass is 251 g/mol. The molecule has 0 saturated carbocycles. The van der Waals surface area contributed by atoms with Crippen molar-refractivity contribution in [2.45, 2.75) is 0 Å². The number of hydrogen-bond donors (Lipinski definition) is 0. The normalized spacial score (nSPS) is 13.1. The van der Waals surface area contributed by atoms with Crippen LogP contribution in [0.5, 0.6) is 11.5 Å². The van der Waals surface area contributed by atoms with Crippen LogP contribution < -0.4 is 9.47 Å². The van der Waals surface area contributed by atoms with Crippen molar-refractivity contribution in [2.75, 3.05) is 6.79 Å². The number of aromatic nitrogens is 1. The predicted molar refractivity (Wildman–Crippen MR) is 74.5 cm³/mol. The number of rotatable bonds is 1. The van der Waals surface area contributed by atoms with Gasteiger partial charge in [0.15, 0.2) is 11.5 Å². The minimum absolute atomic E-state index is 0.317. The molecule has 2 aromatic carbocycles. The maximum absolute atomic E-state index is 5.44. The van der Waals surface area contributed by atoms with Gasteiger partial charge in [-0.15, -0.1) is 0 Å². The third-order valence-corrected chi connectivity index (χ3v) is 3.61. The largest absolute Gasteiger partial charge is 0.454 e. The van der Waals surface area contributed by atoms with E-state index in [-0.39, 0.29) is 0 Å². The molecule has 0 aliphatic carbocycles. The molecule has 0 radical (unpaired) electrons. The van der Waals surface area contributed by atoms with Crippen LogP contribution in [0.15, 0.2) is 48.5 Å². The van der Waals surface area contributed by atoms with Crippen molar-refractivity contribution in [3.8, 4) is 22.8 Å². The second-order valence-electron chi connectivity index (χ2n) is 4.72. The van der Waals surface area contributed by atoms with Gasteiger partial charge in [-0.25, -0.2) is 0 Å². The minimum Gasteiger partial charge on any atom is -0.454 e. The highest BCUT2D eigenvalue weighted by Gasteiger charge is 2.17. The Labute approximate surface area is 111 Å². The summed E-state index contributed by atoms with van der Waals surface area (Å²) >= 11 is 0. The molecule has 0 unspecified atom stereocenters. The zero-order valence-corrected chi connectivity index (χ0v) is 10.6. The molecule has 0 spiro atoms. The number of benzene rings is 2. The predicted octanol–water partition coefficient (Wildman–Crippen LogP) is 3.57. The van der Waals surface area contributed by atoms with E-state index >= 15 is 0 Å². The Bertz CT molecular complexity index is 759. The molecule has 3 aromatic rings. The number of nitrogens with zero attached hydrogens (tertiary/aromatic N) is 1. The highest BCUT2D eigenvalue weighted by molar-refractivity contribution is 5.89. The van der Waals surface area contributed by atoms with Crippen LogP contribution in [0.1, 0.15) is 0 Å². The fourth-order valence-electron chi connectivity index (χ4n) is 2.61. The quantitative estimate of drug-likeness (QED) is 0.660. The molecular formula is C16H13NO2. The molecule has 19 heavy (non-hydrogen) atoms. The van der Waals surface area contributed by atoms with Gasteiger partial charge in [-0.05, 0) is 17.7 Å². The van der Waals surface area contributed by atoms with Crippen LogP contribution in [0.3, 0.4) is 0 Å². The van der Waals surface area contributed by atoms with Crippen LogP contribution in [-0.4, -0.2) is 11.4 Å². The van der Waals surface area contributed by atoms with Gasteiger partial charge < -0.3 is 14.0 Å². The van der Waals surface area contributed by atoms with E-state index in [0.717, 1.165) is 17.0 Å². The van der Waals surface area contributed by atoms with Crippen molar-refractivity contribution < 1.29 is 9.47 Å². The molecule has 1 aliphatic rings. The third-order valence-electron chi connectivity index (χ3n) is 3.61. The first kappa shape index (κ1) is 10.5. The summed E-state index contributed by atoms with van der Waals surface area (Å²) in [7, 11) is 2.08. The Balaban J connectivity index is 1.97. The van der Waals surface area contributed by atoms with Crippen molar-refractivity contribution in [3.63, 3.8) is 0 Å². The van der Waals surface area contributed by atoms with E-state index in [1.54, 1.807) is 0 Å². The van der Waals surface area contributed by atoms with Gasteiger partial charge in [0, 0.05) is 24.2 Å². The topological polar surface area (TPSA) is 23.4 Å². The average molecular weight is 251 g/mol. The van der Waals surface area contributed by atoms with Gasteiger partial charge in [-0.2, -0.15) is 0 Å². The Kier molecular flexibility index (Phi) is 2.09. The first-order valence-electron chi connectivity index (χ1n) is 6.27. The molecule has 94 valence electrons. The van der Waals surface area contributed by atoms with E-state index in [9.17, 15) is 0 Å². The zero-order valence-electron chi connectivity index (χ0n) is 10.6. The van der Waals surface area contributed by atoms with E-state index in [0.29, 0.717) is 6.79 Å². The summed E-state index contributed by atoms with van der Waals surface area (Å²) in [6, 6.07) is 16.7. The van der Waals surface area contributed by atoms with Crippen molar-refractivity contribution in [3.05, 3.63) is 48.5 Å². The minimum atomic E-state index is 0.317. The third kappa shape index (κ3) is 1.51. The SMILES string of the molecule is Cn1c(-c2ccccc2)cc2cc3c(cc21)OCO3. The molecule has 0 N–H and O–H groups in total. The van der Waals surface area contributed by atoms with Crippen molar-refractivity contribution in [2.24, 2.45) is 7.05 Å². The first-order chi connectivity index (χ1) is 9.33. The van der Waals surface area contributed by atoms with Crippen molar-refractivity contribution in [1.29, 1.82) is 0 Å². The maximum atomic E-state index is 5.44. The summed E-state index contributed by atoms with van der Waals surface area (Å²) in [5.74, 6) is 1.66. The van der Waals surface area contributed by atoms with Crippen LogP contribution >= 0.6 is 0 Å². The molecule has 3 heteroatoms. The lowest BCUT2D eigenvalue weighted by molar-refractivity contribution is 0.174. The van der Waals surface area contributed by atoms with E-state index in [4.69, 9.17) is 9.47 Å². The molecule has 0 saturated heterocycles. The molecule has 0 atom stereocenters. The van der Waals surface area contributed by atoms with Crippen LogP contribution in [0.25, 0.3) is 22.2 Å². The highest BCUT2D eigenvalue weighted by Crippen LogP contribution is 2.38. The molecular weight excluding hydrogens is 238 g/mol. The number of ether oxygens (including phenoxy) is 2. The Morgan fingerprint density at radius 3 is 2.47 bits per heavy atom. The highest BCUT2D eigenvalue weighted by atomic mass is 16.7. The van der Waals surface area contributed by atoms with Crippen LogP contribution in [0.4, 0.5) is 0 Å². The first-order valence-corrected chi connectivity index (χ1v) is 6.27. The van der Waals surface area contributed by atoms with Crippen LogP contribution in [-0.2, 0) is 7.05 Å². The van der Waals surface area contributed by atoms with E-state index in [2.05, 4.69) is 41.9 Å². The van der Waals surface area contributed by atoms with Crippen molar-refractivity contribution in [1.82, 2.24) is 4.57 Å². The second-order valence-corrected chi connectivity index (χ2v) is 4.72. The fourth-order valence-corrected chi connectivity index (χ4v) is 2.61. The second kappa shape index (κ2) is 3.79. The van der Waals surface area contributed by atoms with E-state index < -0.39 is 0 Å². The smallest absolute Gasteiger partial charge is 0.231 e. The summed E-state index contributed by atoms with van der Waals surface area (Å²) in [5.41, 5.74) is 3.56. The molecule has 0 fully saturated rings. The Morgan fingerprint density at radius 2 is 1.68 bits per heavy atom. The molecule has 1 aromatic heterocycles. The number of aryl methyl sites for hydroxylation is 1. The van der Waals surface area contributed by atoms with Crippen molar-refractivity contribution >= 4 is 10.9 Å². The Hall–Kier alpha value is -2.42. The van der Waals surface area contributed by atoms with Gasteiger partial charge in [0.1, 0.15) is 0 Å². The lowest BCUT2D eigenvalue weighted by Crippen LogP contribution is -1.93. The zero-order chi connectivity index (χ0) is 12.8. The molecule has 2 heterocycles. The maximum Gasteiger partial charge on any atom is 0.231 e. The fraction of sp³-hybridized carbons (Fsp3) is 0.125. The summed E-state index contributed by atoms with van der Waals surface area (Å²) in [5, 5.41) is 1.17. The standard InChI is InChI=1S/C16H13NO2/c1-17-13(11-5-3-2-4-6-11)7-12-8-15-16(9-14(12)17)19-10-18-15/h2-9H,10H2,1H3. The Morgan fingerprint density at radius 1 is 0.947 bits per heavy atom. The summed E-state index contributed by atoms with van der Waals surface area (Å²) < 4.78 is 13.1.